The minimum Gasteiger partial charge on any atom is -0.463 e. The van der Waals surface area contributed by atoms with Crippen LogP contribution in [0.15, 0.2) is 70.2 Å². The second-order valence-electron chi connectivity index (χ2n) is 7.70. The van der Waals surface area contributed by atoms with E-state index in [1.807, 2.05) is 24.3 Å². The summed E-state index contributed by atoms with van der Waals surface area (Å²) in [6.45, 7) is 1.25. The fraction of sp³-hybridized carbons (Fsp3) is 0.217. The number of para-hydroxylation sites is 1. The van der Waals surface area contributed by atoms with Crippen molar-refractivity contribution in [2.45, 2.75) is 6.54 Å². The van der Waals surface area contributed by atoms with E-state index in [1.165, 1.54) is 17.0 Å². The first-order valence-electron chi connectivity index (χ1n) is 10.4. The summed E-state index contributed by atoms with van der Waals surface area (Å²) < 4.78 is 6.61. The van der Waals surface area contributed by atoms with Gasteiger partial charge in [0.2, 0.25) is 5.91 Å². The molecule has 0 unspecified atom stereocenters. The fourth-order valence-corrected chi connectivity index (χ4v) is 3.82. The van der Waals surface area contributed by atoms with Crippen molar-refractivity contribution in [3.05, 3.63) is 76.9 Å². The second-order valence-corrected chi connectivity index (χ2v) is 7.70. The Morgan fingerprint density at radius 1 is 1.12 bits per heavy atom. The van der Waals surface area contributed by atoms with Crippen LogP contribution < -0.4 is 10.9 Å². The van der Waals surface area contributed by atoms with E-state index >= 15 is 0 Å². The third-order valence-electron chi connectivity index (χ3n) is 5.62. The van der Waals surface area contributed by atoms with E-state index in [0.29, 0.717) is 30.1 Å². The van der Waals surface area contributed by atoms with Crippen LogP contribution in [0.5, 0.6) is 0 Å². The van der Waals surface area contributed by atoms with Gasteiger partial charge < -0.3 is 19.6 Å². The Balaban J connectivity index is 1.14. The summed E-state index contributed by atoms with van der Waals surface area (Å²) in [4.78, 5) is 42.0. The summed E-state index contributed by atoms with van der Waals surface area (Å²) in [5.41, 5.74) is 1.81. The number of aromatic nitrogens is 3. The lowest BCUT2D eigenvalue weighted by molar-refractivity contribution is -0.129. The molecule has 0 saturated carbocycles. The molecule has 1 aromatic carbocycles. The van der Waals surface area contributed by atoms with Gasteiger partial charge in [0.05, 0.1) is 24.3 Å². The normalized spacial score (nSPS) is 13.8. The van der Waals surface area contributed by atoms with E-state index in [2.05, 4.69) is 15.4 Å². The number of nitrogens with one attached hydrogen (secondary N) is 2. The summed E-state index contributed by atoms with van der Waals surface area (Å²) in [6.07, 6.45) is 3.25. The van der Waals surface area contributed by atoms with E-state index in [4.69, 9.17) is 4.42 Å². The molecule has 0 atom stereocenters. The Kier molecular flexibility index (Phi) is 5.06. The molecule has 5 rings (SSSR count). The number of hydrogen-bond donors (Lipinski definition) is 2. The maximum absolute atomic E-state index is 12.8. The highest BCUT2D eigenvalue weighted by atomic mass is 16.3. The van der Waals surface area contributed by atoms with Gasteiger partial charge in [0.1, 0.15) is 5.69 Å². The van der Waals surface area contributed by atoms with Gasteiger partial charge in [0.15, 0.2) is 5.76 Å². The highest BCUT2D eigenvalue weighted by molar-refractivity contribution is 6.07. The number of H-pyrrole nitrogens is 1. The minimum atomic E-state index is -0.261. The molecular weight excluding hydrogens is 410 g/mol. The third-order valence-corrected chi connectivity index (χ3v) is 5.62. The molecule has 3 aromatic heterocycles. The molecule has 0 bridgehead atoms. The molecule has 4 aromatic rings. The van der Waals surface area contributed by atoms with Gasteiger partial charge in [-0.15, -0.1) is 0 Å². The van der Waals surface area contributed by atoms with Crippen LogP contribution in [0.3, 0.4) is 0 Å². The summed E-state index contributed by atoms with van der Waals surface area (Å²) in [5.74, 6) is 0.0840. The number of furan rings is 1. The topological polar surface area (TPSA) is 113 Å². The summed E-state index contributed by atoms with van der Waals surface area (Å²) >= 11 is 0. The van der Waals surface area contributed by atoms with Crippen molar-refractivity contribution in [3.8, 4) is 11.5 Å². The SMILES string of the molecule is O=C(NCCn1nc(-c2ccco2)ccc1=O)C1CN(C(=O)c2c[nH]c3ccccc23)C1. The summed E-state index contributed by atoms with van der Waals surface area (Å²) in [6, 6.07) is 14.2. The zero-order valence-electron chi connectivity index (χ0n) is 17.2. The molecule has 1 fully saturated rings. The van der Waals surface area contributed by atoms with Crippen molar-refractivity contribution in [2.75, 3.05) is 19.6 Å². The molecule has 4 heterocycles. The Hall–Kier alpha value is -4.14. The van der Waals surface area contributed by atoms with Gasteiger partial charge >= 0.3 is 0 Å². The maximum atomic E-state index is 12.8. The molecule has 9 nitrogen and oxygen atoms in total. The van der Waals surface area contributed by atoms with Gasteiger partial charge in [0, 0.05) is 42.8 Å². The zero-order valence-corrected chi connectivity index (χ0v) is 17.2. The predicted molar refractivity (Wildman–Crippen MR) is 117 cm³/mol. The van der Waals surface area contributed by atoms with Crippen LogP contribution in [-0.2, 0) is 11.3 Å². The number of carbonyl (C=O) groups excluding carboxylic acids is 2. The van der Waals surface area contributed by atoms with Gasteiger partial charge in [0.25, 0.3) is 11.5 Å². The van der Waals surface area contributed by atoms with Crippen molar-refractivity contribution < 1.29 is 14.0 Å². The van der Waals surface area contributed by atoms with Crippen LogP contribution in [0.25, 0.3) is 22.4 Å². The average Bonchev–Trinajstić information content (AvgIpc) is 3.44. The van der Waals surface area contributed by atoms with E-state index in [1.54, 1.807) is 29.3 Å². The van der Waals surface area contributed by atoms with E-state index in [9.17, 15) is 14.4 Å². The summed E-state index contributed by atoms with van der Waals surface area (Å²) in [7, 11) is 0. The molecule has 162 valence electrons. The lowest BCUT2D eigenvalue weighted by atomic mass is 9.97. The van der Waals surface area contributed by atoms with Gasteiger partial charge in [-0.05, 0) is 24.3 Å². The standard InChI is InChI=1S/C23H21N5O4/c29-21-8-7-19(20-6-3-11-32-20)26-28(21)10-9-24-22(30)15-13-27(14-15)23(31)17-12-25-18-5-2-1-4-16(17)18/h1-8,11-12,15,25H,9-10,13-14H2,(H,24,30). The molecule has 1 aliphatic heterocycles. The lowest BCUT2D eigenvalue weighted by Gasteiger charge is -2.38. The predicted octanol–water partition coefficient (Wildman–Crippen LogP) is 1.87. The molecule has 0 aliphatic carbocycles. The van der Waals surface area contributed by atoms with E-state index < -0.39 is 0 Å². The van der Waals surface area contributed by atoms with Crippen molar-refractivity contribution in [2.24, 2.45) is 5.92 Å². The van der Waals surface area contributed by atoms with Gasteiger partial charge in [-0.3, -0.25) is 14.4 Å². The summed E-state index contributed by atoms with van der Waals surface area (Å²) in [5, 5.41) is 7.99. The molecule has 2 N–H and O–H groups in total. The monoisotopic (exact) mass is 431 g/mol. The number of hydrogen-bond acceptors (Lipinski definition) is 5. The van der Waals surface area contributed by atoms with E-state index in [0.717, 1.165) is 10.9 Å². The molecule has 0 radical (unpaired) electrons. The minimum absolute atomic E-state index is 0.0861. The van der Waals surface area contributed by atoms with Gasteiger partial charge in [-0.1, -0.05) is 18.2 Å². The number of amides is 2. The van der Waals surface area contributed by atoms with Crippen LogP contribution in [0.4, 0.5) is 0 Å². The zero-order chi connectivity index (χ0) is 22.1. The van der Waals surface area contributed by atoms with Crippen LogP contribution in [0, 0.1) is 5.92 Å². The molecule has 32 heavy (non-hydrogen) atoms. The fourth-order valence-electron chi connectivity index (χ4n) is 3.82. The van der Waals surface area contributed by atoms with Crippen LogP contribution in [-0.4, -0.2) is 51.1 Å². The first-order valence-corrected chi connectivity index (χ1v) is 10.4. The van der Waals surface area contributed by atoms with Gasteiger partial charge in [-0.25, -0.2) is 4.68 Å². The first kappa shape index (κ1) is 19.8. The van der Waals surface area contributed by atoms with Gasteiger partial charge in [-0.2, -0.15) is 5.10 Å². The molecule has 1 saturated heterocycles. The van der Waals surface area contributed by atoms with Crippen LogP contribution in [0.1, 0.15) is 10.4 Å². The number of aromatic amines is 1. The Morgan fingerprint density at radius 3 is 2.78 bits per heavy atom. The number of carbonyl (C=O) groups is 2. The Bertz CT molecular complexity index is 1330. The Morgan fingerprint density at radius 2 is 1.97 bits per heavy atom. The average molecular weight is 431 g/mol. The molecule has 9 heteroatoms. The smallest absolute Gasteiger partial charge is 0.266 e. The highest BCUT2D eigenvalue weighted by Crippen LogP contribution is 2.24. The third kappa shape index (κ3) is 3.68. The van der Waals surface area contributed by atoms with Crippen molar-refractivity contribution in [1.82, 2.24) is 25.0 Å². The second kappa shape index (κ2) is 8.18. The lowest BCUT2D eigenvalue weighted by Crippen LogP contribution is -2.56. The quantitative estimate of drug-likeness (QED) is 0.484. The number of rotatable bonds is 6. The van der Waals surface area contributed by atoms with Crippen molar-refractivity contribution in [3.63, 3.8) is 0 Å². The molecular formula is C23H21N5O4. The molecule has 1 aliphatic rings. The molecule has 2 amide bonds. The largest absolute Gasteiger partial charge is 0.463 e. The molecule has 0 spiro atoms. The number of benzene rings is 1. The highest BCUT2D eigenvalue weighted by Gasteiger charge is 2.36. The van der Waals surface area contributed by atoms with Crippen molar-refractivity contribution in [1.29, 1.82) is 0 Å². The Labute approximate surface area is 182 Å². The van der Waals surface area contributed by atoms with Crippen molar-refractivity contribution >= 4 is 22.7 Å². The first-order chi connectivity index (χ1) is 15.6. The van der Waals surface area contributed by atoms with Crippen LogP contribution in [0.2, 0.25) is 0 Å². The maximum Gasteiger partial charge on any atom is 0.266 e. The number of likely N-dealkylation sites (tertiary alicyclic amines) is 1. The number of nitrogens with zero attached hydrogens (tertiary/aromatic N) is 3. The number of fused-ring (bicyclic) bond motifs is 1. The van der Waals surface area contributed by atoms with E-state index in [-0.39, 0.29) is 36.4 Å². The van der Waals surface area contributed by atoms with Crippen LogP contribution >= 0.6 is 0 Å².